The van der Waals surface area contributed by atoms with Gasteiger partial charge >= 0.3 is 0 Å². The van der Waals surface area contributed by atoms with Crippen molar-refractivity contribution >= 4 is 5.91 Å². The molecule has 2 aromatic carbocycles. The van der Waals surface area contributed by atoms with Crippen LogP contribution in [0.2, 0.25) is 0 Å². The van der Waals surface area contributed by atoms with Crippen LogP contribution in [-0.2, 0) is 6.54 Å². The van der Waals surface area contributed by atoms with E-state index in [0.29, 0.717) is 47.6 Å². The summed E-state index contributed by atoms with van der Waals surface area (Å²) in [5.41, 5.74) is 7.19. The van der Waals surface area contributed by atoms with Crippen molar-refractivity contribution in [1.29, 1.82) is 0 Å². The second kappa shape index (κ2) is 9.69. The number of likely N-dealkylation sites (tertiary alicyclic amines) is 1. The van der Waals surface area contributed by atoms with Gasteiger partial charge in [0.25, 0.3) is 5.91 Å². The summed E-state index contributed by atoms with van der Waals surface area (Å²) in [6.07, 6.45) is 3.19. The summed E-state index contributed by atoms with van der Waals surface area (Å²) in [5.74, 6) is 3.30. The van der Waals surface area contributed by atoms with Gasteiger partial charge in [0, 0.05) is 31.1 Å². The van der Waals surface area contributed by atoms with Crippen molar-refractivity contribution < 1.29 is 19.0 Å². The molecule has 0 radical (unpaired) electrons. The summed E-state index contributed by atoms with van der Waals surface area (Å²) in [7, 11) is 3.15. The predicted octanol–water partition coefficient (Wildman–Crippen LogP) is 3.09. The predicted molar refractivity (Wildman–Crippen MR) is 118 cm³/mol. The Kier molecular flexibility index (Phi) is 6.55. The lowest BCUT2D eigenvalue weighted by molar-refractivity contribution is 0.0710. The Bertz CT molecular complexity index is 1060. The largest absolute Gasteiger partial charge is 0.496 e. The fourth-order valence-corrected chi connectivity index (χ4v) is 3.99. The van der Waals surface area contributed by atoms with Crippen molar-refractivity contribution in [3.05, 3.63) is 59.7 Å². The molecular formula is C23H27N5O4. The highest BCUT2D eigenvalue weighted by atomic mass is 16.5. The van der Waals surface area contributed by atoms with Crippen LogP contribution in [0.3, 0.4) is 0 Å². The molecule has 2 heterocycles. The maximum Gasteiger partial charge on any atom is 0.253 e. The van der Waals surface area contributed by atoms with Gasteiger partial charge in [0.05, 0.1) is 19.8 Å². The molecule has 9 nitrogen and oxygen atoms in total. The van der Waals surface area contributed by atoms with Crippen LogP contribution in [0.1, 0.15) is 40.5 Å². The molecule has 168 valence electrons. The average molecular weight is 438 g/mol. The number of piperidine rings is 1. The van der Waals surface area contributed by atoms with Gasteiger partial charge in [-0.2, -0.15) is 5.10 Å². The van der Waals surface area contributed by atoms with E-state index in [2.05, 4.69) is 15.2 Å². The molecule has 1 aliphatic heterocycles. The van der Waals surface area contributed by atoms with Crippen molar-refractivity contribution in [3.63, 3.8) is 0 Å². The zero-order chi connectivity index (χ0) is 22.5. The smallest absolute Gasteiger partial charge is 0.253 e. The number of H-pyrrole nitrogens is 1. The van der Waals surface area contributed by atoms with Gasteiger partial charge in [-0.15, -0.1) is 0 Å². The highest BCUT2D eigenvalue weighted by Crippen LogP contribution is 2.37. The van der Waals surface area contributed by atoms with Gasteiger partial charge in [-0.05, 0) is 43.2 Å². The van der Waals surface area contributed by atoms with Crippen LogP contribution in [0.4, 0.5) is 0 Å². The zero-order valence-electron chi connectivity index (χ0n) is 18.2. The number of aromatic nitrogens is 3. The Morgan fingerprint density at radius 3 is 2.50 bits per heavy atom. The number of carbonyl (C=O) groups is 1. The molecular weight excluding hydrogens is 410 g/mol. The Balaban J connectivity index is 1.53. The number of nitrogens with two attached hydrogens (primary N) is 1. The summed E-state index contributed by atoms with van der Waals surface area (Å²) >= 11 is 0. The number of hydrogen-bond acceptors (Lipinski definition) is 7. The molecule has 32 heavy (non-hydrogen) atoms. The lowest BCUT2D eigenvalue weighted by atomic mass is 9.95. The molecule has 1 fully saturated rings. The Labute approximate surface area is 186 Å². The number of rotatable bonds is 7. The number of nitrogens with one attached hydrogen (secondary N) is 1. The maximum absolute atomic E-state index is 13.2. The van der Waals surface area contributed by atoms with Crippen LogP contribution < -0.4 is 19.9 Å². The molecule has 0 atom stereocenters. The summed E-state index contributed by atoms with van der Waals surface area (Å²) in [5, 5.41) is 6.86. The number of benzene rings is 2. The summed E-state index contributed by atoms with van der Waals surface area (Å²) in [4.78, 5) is 19.3. The van der Waals surface area contributed by atoms with Gasteiger partial charge in [0.2, 0.25) is 0 Å². The second-order valence-corrected chi connectivity index (χ2v) is 7.55. The van der Waals surface area contributed by atoms with E-state index in [1.54, 1.807) is 32.4 Å². The van der Waals surface area contributed by atoms with Crippen LogP contribution >= 0.6 is 0 Å². The van der Waals surface area contributed by atoms with E-state index in [4.69, 9.17) is 19.9 Å². The number of aromatic amines is 1. The minimum absolute atomic E-state index is 0.0433. The third kappa shape index (κ3) is 4.38. The fourth-order valence-electron chi connectivity index (χ4n) is 3.99. The Morgan fingerprint density at radius 1 is 1.09 bits per heavy atom. The first-order valence-corrected chi connectivity index (χ1v) is 10.5. The standard InChI is InChI=1S/C23H27N5O4/c1-30-18-4-3-5-19(17(18)13-24)32-21-12-16(6-7-20(21)31-2)23(29)28-10-8-15(9-11-28)22-25-14-26-27-22/h3-7,12,14-15H,8-11,13,24H2,1-2H3,(H,25,26,27). The molecule has 3 N–H and O–H groups in total. The molecule has 3 aromatic rings. The van der Waals surface area contributed by atoms with E-state index in [-0.39, 0.29) is 12.5 Å². The first-order valence-electron chi connectivity index (χ1n) is 10.5. The highest BCUT2D eigenvalue weighted by Gasteiger charge is 2.26. The third-order valence-corrected chi connectivity index (χ3v) is 5.75. The van der Waals surface area contributed by atoms with Crippen LogP contribution in [0, 0.1) is 0 Å². The zero-order valence-corrected chi connectivity index (χ0v) is 18.2. The summed E-state index contributed by atoms with van der Waals surface area (Å²) in [6.45, 7) is 1.56. The van der Waals surface area contributed by atoms with Crippen LogP contribution in [0.15, 0.2) is 42.7 Å². The van der Waals surface area contributed by atoms with Crippen molar-refractivity contribution in [3.8, 4) is 23.0 Å². The molecule has 1 aromatic heterocycles. The van der Waals surface area contributed by atoms with Crippen molar-refractivity contribution in [2.24, 2.45) is 5.73 Å². The lowest BCUT2D eigenvalue weighted by Gasteiger charge is -2.31. The fraction of sp³-hybridized carbons (Fsp3) is 0.348. The first-order chi connectivity index (χ1) is 15.6. The lowest BCUT2D eigenvalue weighted by Crippen LogP contribution is -2.38. The number of amides is 1. The van der Waals surface area contributed by atoms with Crippen molar-refractivity contribution in [2.75, 3.05) is 27.3 Å². The van der Waals surface area contributed by atoms with Crippen molar-refractivity contribution in [1.82, 2.24) is 20.1 Å². The Hall–Kier alpha value is -3.59. The van der Waals surface area contributed by atoms with Gasteiger partial charge in [0.15, 0.2) is 11.5 Å². The molecule has 1 saturated heterocycles. The maximum atomic E-state index is 13.2. The summed E-state index contributed by atoms with van der Waals surface area (Å²) in [6, 6.07) is 10.7. The minimum Gasteiger partial charge on any atom is -0.496 e. The van der Waals surface area contributed by atoms with Gasteiger partial charge < -0.3 is 24.8 Å². The van der Waals surface area contributed by atoms with Crippen LogP contribution in [-0.4, -0.2) is 53.3 Å². The van der Waals surface area contributed by atoms with E-state index in [0.717, 1.165) is 24.2 Å². The average Bonchev–Trinajstić information content (AvgIpc) is 3.38. The first kappa shape index (κ1) is 21.6. The quantitative estimate of drug-likeness (QED) is 0.583. The second-order valence-electron chi connectivity index (χ2n) is 7.55. The monoisotopic (exact) mass is 437 g/mol. The summed E-state index contributed by atoms with van der Waals surface area (Å²) < 4.78 is 17.0. The van der Waals surface area contributed by atoms with E-state index in [1.807, 2.05) is 23.1 Å². The number of carbonyl (C=O) groups excluding carboxylic acids is 1. The topological polar surface area (TPSA) is 116 Å². The molecule has 0 spiro atoms. The molecule has 0 saturated carbocycles. The number of methoxy groups -OCH3 is 2. The van der Waals surface area contributed by atoms with Gasteiger partial charge in [-0.25, -0.2) is 4.98 Å². The number of nitrogens with zero attached hydrogens (tertiary/aromatic N) is 3. The molecule has 1 amide bonds. The Morgan fingerprint density at radius 2 is 1.84 bits per heavy atom. The molecule has 0 aliphatic carbocycles. The molecule has 0 unspecified atom stereocenters. The van der Waals surface area contributed by atoms with E-state index in [9.17, 15) is 4.79 Å². The van der Waals surface area contributed by atoms with Crippen LogP contribution in [0.25, 0.3) is 0 Å². The van der Waals surface area contributed by atoms with E-state index >= 15 is 0 Å². The highest BCUT2D eigenvalue weighted by molar-refractivity contribution is 5.95. The van der Waals surface area contributed by atoms with E-state index in [1.165, 1.54) is 6.33 Å². The van der Waals surface area contributed by atoms with Crippen molar-refractivity contribution in [2.45, 2.75) is 25.3 Å². The molecule has 0 bridgehead atoms. The number of hydrogen-bond donors (Lipinski definition) is 2. The molecule has 9 heteroatoms. The van der Waals surface area contributed by atoms with Crippen LogP contribution in [0.5, 0.6) is 23.0 Å². The minimum atomic E-state index is -0.0433. The molecule has 1 aliphatic rings. The van der Waals surface area contributed by atoms with Gasteiger partial charge in [-0.3, -0.25) is 9.89 Å². The van der Waals surface area contributed by atoms with Gasteiger partial charge in [-0.1, -0.05) is 6.07 Å². The van der Waals surface area contributed by atoms with E-state index < -0.39 is 0 Å². The SMILES string of the molecule is COc1ccc(C(=O)N2CCC(c3ncn[nH]3)CC2)cc1Oc1cccc(OC)c1CN. The van der Waals surface area contributed by atoms with Gasteiger partial charge in [0.1, 0.15) is 23.7 Å². The number of ether oxygens (including phenoxy) is 3. The normalized spacial score (nSPS) is 14.3. The third-order valence-electron chi connectivity index (χ3n) is 5.75. The molecule has 4 rings (SSSR count).